The zero-order valence-electron chi connectivity index (χ0n) is 14.1. The maximum atomic E-state index is 12.4. The van der Waals surface area contributed by atoms with Crippen LogP contribution in [-0.2, 0) is 0 Å². The summed E-state index contributed by atoms with van der Waals surface area (Å²) in [5.41, 5.74) is 2.22. The largest absolute Gasteiger partial charge is 0.497 e. The summed E-state index contributed by atoms with van der Waals surface area (Å²) < 4.78 is 15.8. The lowest BCUT2D eigenvalue weighted by molar-refractivity contribution is 0.102. The summed E-state index contributed by atoms with van der Waals surface area (Å²) in [6.45, 7) is 1.97. The Morgan fingerprint density at radius 3 is 2.40 bits per heavy atom. The maximum absolute atomic E-state index is 12.4. The third kappa shape index (κ3) is 3.77. The minimum atomic E-state index is -0.406. The highest BCUT2D eigenvalue weighted by molar-refractivity contribution is 6.03. The van der Waals surface area contributed by atoms with Crippen molar-refractivity contribution in [1.82, 2.24) is 10.2 Å². The van der Waals surface area contributed by atoms with E-state index in [2.05, 4.69) is 15.5 Å². The Balaban J connectivity index is 1.80. The van der Waals surface area contributed by atoms with Gasteiger partial charge >= 0.3 is 6.01 Å². The number of anilines is 1. The zero-order chi connectivity index (χ0) is 17.8. The minimum absolute atomic E-state index is 0.0169. The van der Waals surface area contributed by atoms with E-state index in [0.29, 0.717) is 23.0 Å². The molecule has 1 heterocycles. The van der Waals surface area contributed by atoms with E-state index in [9.17, 15) is 4.79 Å². The van der Waals surface area contributed by atoms with Crippen molar-refractivity contribution < 1.29 is 18.7 Å². The SMILES string of the molecule is COc1cc(OC)cc(C(=O)Nc2nnc(-c3cccc(C)c3)o2)c1. The van der Waals surface area contributed by atoms with Gasteiger partial charge in [0.1, 0.15) is 11.5 Å². The van der Waals surface area contributed by atoms with E-state index in [0.717, 1.165) is 11.1 Å². The molecule has 0 saturated heterocycles. The van der Waals surface area contributed by atoms with E-state index in [4.69, 9.17) is 13.9 Å². The van der Waals surface area contributed by atoms with Gasteiger partial charge in [-0.25, -0.2) is 0 Å². The van der Waals surface area contributed by atoms with Crippen LogP contribution in [0.4, 0.5) is 6.01 Å². The van der Waals surface area contributed by atoms with Crippen LogP contribution in [0.5, 0.6) is 11.5 Å². The van der Waals surface area contributed by atoms with Crippen molar-refractivity contribution in [2.75, 3.05) is 19.5 Å². The molecule has 0 saturated carbocycles. The molecule has 128 valence electrons. The highest BCUT2D eigenvalue weighted by Crippen LogP contribution is 2.24. The Hall–Kier alpha value is -3.35. The molecule has 0 spiro atoms. The van der Waals surface area contributed by atoms with Crippen molar-refractivity contribution in [1.29, 1.82) is 0 Å². The van der Waals surface area contributed by atoms with Gasteiger partial charge in [-0.1, -0.05) is 22.8 Å². The van der Waals surface area contributed by atoms with Gasteiger partial charge in [0.15, 0.2) is 0 Å². The number of benzene rings is 2. The molecule has 0 aliphatic carbocycles. The topological polar surface area (TPSA) is 86.5 Å². The van der Waals surface area contributed by atoms with Crippen molar-refractivity contribution in [3.63, 3.8) is 0 Å². The number of hydrogen-bond donors (Lipinski definition) is 1. The molecule has 0 unspecified atom stereocenters. The summed E-state index contributed by atoms with van der Waals surface area (Å²) in [6, 6.07) is 12.5. The fourth-order valence-corrected chi connectivity index (χ4v) is 2.28. The summed E-state index contributed by atoms with van der Waals surface area (Å²) in [5.74, 6) is 0.949. The van der Waals surface area contributed by atoms with E-state index in [-0.39, 0.29) is 6.01 Å². The van der Waals surface area contributed by atoms with Crippen molar-refractivity contribution in [2.24, 2.45) is 0 Å². The Labute approximate surface area is 144 Å². The molecule has 3 aromatic rings. The van der Waals surface area contributed by atoms with Crippen LogP contribution in [0.15, 0.2) is 46.9 Å². The fourth-order valence-electron chi connectivity index (χ4n) is 2.28. The first-order chi connectivity index (χ1) is 12.1. The number of nitrogens with zero attached hydrogens (tertiary/aromatic N) is 2. The number of carbonyl (C=O) groups excluding carboxylic acids is 1. The molecule has 7 nitrogen and oxygen atoms in total. The Bertz CT molecular complexity index is 883. The number of nitrogens with one attached hydrogen (secondary N) is 1. The molecule has 1 N–H and O–H groups in total. The second-order valence-electron chi connectivity index (χ2n) is 5.34. The second-order valence-corrected chi connectivity index (χ2v) is 5.34. The molecule has 0 fully saturated rings. The van der Waals surface area contributed by atoms with E-state index < -0.39 is 5.91 Å². The van der Waals surface area contributed by atoms with Crippen LogP contribution >= 0.6 is 0 Å². The highest BCUT2D eigenvalue weighted by Gasteiger charge is 2.14. The molecule has 2 aromatic carbocycles. The Kier molecular flexibility index (Phi) is 4.65. The van der Waals surface area contributed by atoms with Crippen LogP contribution in [0.2, 0.25) is 0 Å². The quantitative estimate of drug-likeness (QED) is 0.767. The van der Waals surface area contributed by atoms with Gasteiger partial charge in [-0.3, -0.25) is 10.1 Å². The number of rotatable bonds is 5. The first kappa shape index (κ1) is 16.5. The molecule has 0 bridgehead atoms. The zero-order valence-corrected chi connectivity index (χ0v) is 14.1. The van der Waals surface area contributed by atoms with Crippen molar-refractivity contribution in [2.45, 2.75) is 6.92 Å². The summed E-state index contributed by atoms with van der Waals surface area (Å²) in [4.78, 5) is 12.4. The lowest BCUT2D eigenvalue weighted by Gasteiger charge is -2.07. The number of amides is 1. The van der Waals surface area contributed by atoms with E-state index in [1.165, 1.54) is 14.2 Å². The monoisotopic (exact) mass is 339 g/mol. The van der Waals surface area contributed by atoms with Crippen LogP contribution in [0.3, 0.4) is 0 Å². The predicted molar refractivity (Wildman–Crippen MR) is 92.0 cm³/mol. The molecule has 1 aromatic heterocycles. The van der Waals surface area contributed by atoms with Gasteiger partial charge in [-0.2, -0.15) is 0 Å². The number of methoxy groups -OCH3 is 2. The van der Waals surface area contributed by atoms with Crippen molar-refractivity contribution in [3.05, 3.63) is 53.6 Å². The molecule has 0 aliphatic heterocycles. The molecule has 0 aliphatic rings. The number of hydrogen-bond acceptors (Lipinski definition) is 6. The van der Waals surface area contributed by atoms with Gasteiger partial charge in [-0.15, -0.1) is 5.10 Å². The third-order valence-corrected chi connectivity index (χ3v) is 3.52. The van der Waals surface area contributed by atoms with E-state index >= 15 is 0 Å². The lowest BCUT2D eigenvalue weighted by Crippen LogP contribution is -2.12. The smallest absolute Gasteiger partial charge is 0.322 e. The number of aromatic nitrogens is 2. The standard InChI is InChI=1S/C18H17N3O4/c1-11-5-4-6-12(7-11)17-20-21-18(25-17)19-16(22)13-8-14(23-2)10-15(9-13)24-3/h4-10H,1-3H3,(H,19,21,22). The normalized spacial score (nSPS) is 10.4. The van der Waals surface area contributed by atoms with Crippen LogP contribution in [0.25, 0.3) is 11.5 Å². The van der Waals surface area contributed by atoms with Gasteiger partial charge in [0, 0.05) is 17.2 Å². The Morgan fingerprint density at radius 1 is 1.04 bits per heavy atom. The van der Waals surface area contributed by atoms with Crippen molar-refractivity contribution >= 4 is 11.9 Å². The molecule has 25 heavy (non-hydrogen) atoms. The van der Waals surface area contributed by atoms with Crippen LogP contribution in [-0.4, -0.2) is 30.3 Å². The Morgan fingerprint density at radius 2 is 1.76 bits per heavy atom. The molecule has 0 radical (unpaired) electrons. The van der Waals surface area contributed by atoms with E-state index in [1.807, 2.05) is 31.2 Å². The van der Waals surface area contributed by atoms with Gasteiger partial charge in [-0.05, 0) is 31.2 Å². The molecule has 0 atom stereocenters. The van der Waals surface area contributed by atoms with Gasteiger partial charge in [0.05, 0.1) is 14.2 Å². The average Bonchev–Trinajstić information content (AvgIpc) is 3.09. The highest BCUT2D eigenvalue weighted by atomic mass is 16.5. The third-order valence-electron chi connectivity index (χ3n) is 3.52. The van der Waals surface area contributed by atoms with Gasteiger partial charge in [0.2, 0.25) is 5.89 Å². The predicted octanol–water partition coefficient (Wildman–Crippen LogP) is 3.31. The summed E-state index contributed by atoms with van der Waals surface area (Å²) >= 11 is 0. The van der Waals surface area contributed by atoms with E-state index in [1.54, 1.807) is 18.2 Å². The molecule has 1 amide bonds. The van der Waals surface area contributed by atoms with Crippen molar-refractivity contribution in [3.8, 4) is 23.0 Å². The summed E-state index contributed by atoms with van der Waals surface area (Å²) in [5, 5.41) is 10.4. The van der Waals surface area contributed by atoms with Crippen LogP contribution in [0.1, 0.15) is 15.9 Å². The number of aryl methyl sites for hydroxylation is 1. The molecule has 3 rings (SSSR count). The first-order valence-electron chi connectivity index (χ1n) is 7.54. The fraction of sp³-hybridized carbons (Fsp3) is 0.167. The number of carbonyl (C=O) groups is 1. The maximum Gasteiger partial charge on any atom is 0.322 e. The van der Waals surface area contributed by atoms with Crippen LogP contribution in [0, 0.1) is 6.92 Å². The second kappa shape index (κ2) is 7.04. The van der Waals surface area contributed by atoms with Crippen LogP contribution < -0.4 is 14.8 Å². The lowest BCUT2D eigenvalue weighted by atomic mass is 10.1. The van der Waals surface area contributed by atoms with Gasteiger partial charge in [0.25, 0.3) is 5.91 Å². The average molecular weight is 339 g/mol. The summed E-state index contributed by atoms with van der Waals surface area (Å²) in [7, 11) is 3.03. The number of ether oxygens (including phenoxy) is 2. The first-order valence-corrected chi connectivity index (χ1v) is 7.54. The molecule has 7 heteroatoms. The molecular weight excluding hydrogens is 322 g/mol. The summed E-state index contributed by atoms with van der Waals surface area (Å²) in [6.07, 6.45) is 0. The molecular formula is C18H17N3O4. The van der Waals surface area contributed by atoms with Gasteiger partial charge < -0.3 is 13.9 Å². The minimum Gasteiger partial charge on any atom is -0.497 e.